The summed E-state index contributed by atoms with van der Waals surface area (Å²) in [6.07, 6.45) is -0.140. The molecule has 2 aromatic rings. The molecule has 0 bridgehead atoms. The molecule has 0 saturated heterocycles. The van der Waals surface area contributed by atoms with Crippen LogP contribution in [0.15, 0.2) is 48.5 Å². The summed E-state index contributed by atoms with van der Waals surface area (Å²) in [6.45, 7) is 4.14. The second-order valence-corrected chi connectivity index (χ2v) is 7.33. The zero-order valence-corrected chi connectivity index (χ0v) is 15.6. The van der Waals surface area contributed by atoms with Crippen LogP contribution in [0.2, 0.25) is 0 Å². The van der Waals surface area contributed by atoms with Crippen LogP contribution in [-0.2, 0) is 9.53 Å². The van der Waals surface area contributed by atoms with Crippen LogP contribution in [-0.4, -0.2) is 24.0 Å². The molecule has 0 unspecified atom stereocenters. The van der Waals surface area contributed by atoms with Crippen molar-refractivity contribution in [3.05, 3.63) is 59.7 Å². The second-order valence-electron chi connectivity index (χ2n) is 6.96. The maximum Gasteiger partial charge on any atom is 0.407 e. The first-order valence-corrected chi connectivity index (χ1v) is 9.16. The second kappa shape index (κ2) is 7.92. The standard InChI is InChI=1S/C21H22ClNO3/c1-13(2)11-19(20(22)24)23-21(25)26-12-18-16-9-5-3-7-14(16)15-8-4-6-10-17(15)18/h3-10,13,18-19H,11-12H2,1-2H3,(H,23,25)/t19-/m0/s1. The van der Waals surface area contributed by atoms with E-state index in [1.807, 2.05) is 38.1 Å². The monoisotopic (exact) mass is 371 g/mol. The van der Waals surface area contributed by atoms with Crippen molar-refractivity contribution in [2.45, 2.75) is 32.2 Å². The molecule has 0 aromatic heterocycles. The van der Waals surface area contributed by atoms with Gasteiger partial charge in [-0.3, -0.25) is 4.79 Å². The predicted octanol–water partition coefficient (Wildman–Crippen LogP) is 4.71. The minimum atomic E-state index is -0.729. The van der Waals surface area contributed by atoms with E-state index >= 15 is 0 Å². The number of amides is 1. The van der Waals surface area contributed by atoms with Gasteiger partial charge >= 0.3 is 6.09 Å². The van der Waals surface area contributed by atoms with E-state index in [2.05, 4.69) is 29.6 Å². The van der Waals surface area contributed by atoms with E-state index in [1.54, 1.807) is 0 Å². The predicted molar refractivity (Wildman–Crippen MR) is 102 cm³/mol. The number of fused-ring (bicyclic) bond motifs is 3. The van der Waals surface area contributed by atoms with Crippen molar-refractivity contribution < 1.29 is 14.3 Å². The Morgan fingerprint density at radius 2 is 1.58 bits per heavy atom. The number of ether oxygens (including phenoxy) is 1. The van der Waals surface area contributed by atoms with Crippen LogP contribution in [0.1, 0.15) is 37.3 Å². The van der Waals surface area contributed by atoms with Gasteiger partial charge in [-0.1, -0.05) is 62.4 Å². The van der Waals surface area contributed by atoms with Gasteiger partial charge < -0.3 is 10.1 Å². The fourth-order valence-electron chi connectivity index (χ4n) is 3.46. The Kier molecular flexibility index (Phi) is 5.62. The third kappa shape index (κ3) is 3.91. The average Bonchev–Trinajstić information content (AvgIpc) is 2.93. The molecule has 3 rings (SSSR count). The van der Waals surface area contributed by atoms with Gasteiger partial charge in [0, 0.05) is 5.92 Å². The van der Waals surface area contributed by atoms with E-state index < -0.39 is 17.4 Å². The molecule has 0 saturated carbocycles. The first kappa shape index (κ1) is 18.5. The van der Waals surface area contributed by atoms with Crippen LogP contribution in [0.4, 0.5) is 4.79 Å². The van der Waals surface area contributed by atoms with Crippen LogP contribution in [0, 0.1) is 5.92 Å². The molecule has 1 aliphatic carbocycles. The molecule has 1 amide bonds. The number of rotatable bonds is 6. The molecule has 0 radical (unpaired) electrons. The lowest BCUT2D eigenvalue weighted by Crippen LogP contribution is -2.40. The number of benzene rings is 2. The van der Waals surface area contributed by atoms with E-state index in [4.69, 9.17) is 16.3 Å². The van der Waals surface area contributed by atoms with Crippen molar-refractivity contribution in [2.24, 2.45) is 5.92 Å². The molecule has 0 fully saturated rings. The fraction of sp³-hybridized carbons (Fsp3) is 0.333. The van der Waals surface area contributed by atoms with E-state index in [-0.39, 0.29) is 18.4 Å². The van der Waals surface area contributed by atoms with Crippen molar-refractivity contribution >= 4 is 22.9 Å². The van der Waals surface area contributed by atoms with Crippen LogP contribution in [0.3, 0.4) is 0 Å². The van der Waals surface area contributed by atoms with Crippen LogP contribution < -0.4 is 5.32 Å². The molecule has 0 spiro atoms. The Labute approximate surface area is 158 Å². The summed E-state index contributed by atoms with van der Waals surface area (Å²) >= 11 is 5.58. The molecule has 4 nitrogen and oxygen atoms in total. The Bertz CT molecular complexity index is 773. The summed E-state index contributed by atoms with van der Waals surface area (Å²) in [7, 11) is 0. The van der Waals surface area contributed by atoms with Gasteiger partial charge in [-0.15, -0.1) is 0 Å². The normalized spacial score (nSPS) is 13.8. The lowest BCUT2D eigenvalue weighted by molar-refractivity contribution is -0.113. The molecule has 0 heterocycles. The van der Waals surface area contributed by atoms with Gasteiger partial charge in [-0.05, 0) is 46.2 Å². The lowest BCUT2D eigenvalue weighted by atomic mass is 9.98. The van der Waals surface area contributed by atoms with Gasteiger partial charge in [0.15, 0.2) is 0 Å². The van der Waals surface area contributed by atoms with Gasteiger partial charge in [0.1, 0.15) is 12.6 Å². The summed E-state index contributed by atoms with van der Waals surface area (Å²) in [4.78, 5) is 23.7. The van der Waals surface area contributed by atoms with Gasteiger partial charge in [-0.25, -0.2) is 4.79 Å². The third-order valence-electron chi connectivity index (χ3n) is 4.62. The average molecular weight is 372 g/mol. The Hall–Kier alpha value is -2.33. The Balaban J connectivity index is 1.70. The van der Waals surface area contributed by atoms with Crippen molar-refractivity contribution in [3.8, 4) is 11.1 Å². The highest BCUT2D eigenvalue weighted by Crippen LogP contribution is 2.44. The van der Waals surface area contributed by atoms with Crippen molar-refractivity contribution in [2.75, 3.05) is 6.61 Å². The number of alkyl carbamates (subject to hydrolysis) is 1. The number of hydrogen-bond donors (Lipinski definition) is 1. The van der Waals surface area contributed by atoms with Gasteiger partial charge in [0.2, 0.25) is 5.24 Å². The minimum Gasteiger partial charge on any atom is -0.449 e. The lowest BCUT2D eigenvalue weighted by Gasteiger charge is -2.18. The molecule has 136 valence electrons. The largest absolute Gasteiger partial charge is 0.449 e. The molecular formula is C21H22ClNO3. The third-order valence-corrected chi connectivity index (χ3v) is 4.88. The molecule has 0 aliphatic heterocycles. The Morgan fingerprint density at radius 3 is 2.08 bits per heavy atom. The highest BCUT2D eigenvalue weighted by molar-refractivity contribution is 6.64. The quantitative estimate of drug-likeness (QED) is 0.748. The SMILES string of the molecule is CC(C)C[C@H](NC(=O)OCC1c2ccccc2-c2ccccc21)C(=O)Cl. The minimum absolute atomic E-state index is 0.0107. The number of halogens is 1. The van der Waals surface area contributed by atoms with E-state index in [0.29, 0.717) is 6.42 Å². The van der Waals surface area contributed by atoms with E-state index in [9.17, 15) is 9.59 Å². The highest BCUT2D eigenvalue weighted by Gasteiger charge is 2.29. The number of carbonyl (C=O) groups is 2. The smallest absolute Gasteiger partial charge is 0.407 e. The molecule has 2 aromatic carbocycles. The van der Waals surface area contributed by atoms with Crippen molar-refractivity contribution in [1.29, 1.82) is 0 Å². The summed E-state index contributed by atoms with van der Waals surface area (Å²) < 4.78 is 5.44. The summed E-state index contributed by atoms with van der Waals surface area (Å²) in [6, 6.07) is 15.6. The van der Waals surface area contributed by atoms with Crippen LogP contribution in [0.25, 0.3) is 11.1 Å². The zero-order valence-electron chi connectivity index (χ0n) is 14.9. The summed E-state index contributed by atoms with van der Waals surface area (Å²) in [5.41, 5.74) is 4.64. The van der Waals surface area contributed by atoms with Crippen molar-refractivity contribution in [3.63, 3.8) is 0 Å². The maximum absolute atomic E-state index is 12.2. The van der Waals surface area contributed by atoms with Gasteiger partial charge in [0.05, 0.1) is 0 Å². The molecular weight excluding hydrogens is 350 g/mol. The van der Waals surface area contributed by atoms with Gasteiger partial charge in [-0.2, -0.15) is 0 Å². The van der Waals surface area contributed by atoms with Crippen molar-refractivity contribution in [1.82, 2.24) is 5.32 Å². The first-order chi connectivity index (χ1) is 12.5. The molecule has 1 aliphatic rings. The van der Waals surface area contributed by atoms with Gasteiger partial charge in [0.25, 0.3) is 0 Å². The van der Waals surface area contributed by atoms with Crippen LogP contribution >= 0.6 is 11.6 Å². The highest BCUT2D eigenvalue weighted by atomic mass is 35.5. The summed E-state index contributed by atoms with van der Waals surface area (Å²) in [5.74, 6) is 0.222. The molecule has 26 heavy (non-hydrogen) atoms. The summed E-state index contributed by atoms with van der Waals surface area (Å²) in [5, 5.41) is 2.00. The number of hydrogen-bond acceptors (Lipinski definition) is 3. The maximum atomic E-state index is 12.2. The molecule has 5 heteroatoms. The number of nitrogens with one attached hydrogen (secondary N) is 1. The first-order valence-electron chi connectivity index (χ1n) is 8.78. The fourth-order valence-corrected chi connectivity index (χ4v) is 3.61. The van der Waals surface area contributed by atoms with Crippen LogP contribution in [0.5, 0.6) is 0 Å². The molecule has 1 N–H and O–H groups in total. The van der Waals surface area contributed by atoms with E-state index in [1.165, 1.54) is 11.1 Å². The number of carbonyl (C=O) groups excluding carboxylic acids is 2. The van der Waals surface area contributed by atoms with E-state index in [0.717, 1.165) is 11.1 Å². The zero-order chi connectivity index (χ0) is 18.7. The molecule has 1 atom stereocenters. The topological polar surface area (TPSA) is 55.4 Å². The Morgan fingerprint density at radius 1 is 1.04 bits per heavy atom.